The molecule has 0 N–H and O–H groups in total. The number of benzene rings is 2. The summed E-state index contributed by atoms with van der Waals surface area (Å²) in [4.78, 5) is 52.9. The zero-order valence-electron chi connectivity index (χ0n) is 21.0. The Kier molecular flexibility index (Phi) is 5.04. The second kappa shape index (κ2) is 7.89. The monoisotopic (exact) mass is 505 g/mol. The van der Waals surface area contributed by atoms with Gasteiger partial charge in [0.15, 0.2) is 11.1 Å². The average Bonchev–Trinajstić information content (AvgIpc) is 3.12. The number of hydrogen-bond acceptors (Lipinski definition) is 9. The lowest BCUT2D eigenvalue weighted by atomic mass is 9.51. The maximum atomic E-state index is 13.6. The number of carbonyl (C=O) groups excluding carboxylic acids is 4. The third kappa shape index (κ3) is 2.72. The highest BCUT2D eigenvalue weighted by molar-refractivity contribution is 6.06. The molecule has 9 nitrogen and oxygen atoms in total. The molecule has 9 heteroatoms. The fraction of sp³-hybridized carbons (Fsp3) is 0.429. The molecule has 0 aromatic heterocycles. The van der Waals surface area contributed by atoms with Crippen LogP contribution in [0.5, 0.6) is 11.5 Å². The number of carbonyl (C=O) groups is 4. The van der Waals surface area contributed by atoms with Crippen LogP contribution in [0.25, 0.3) is 0 Å². The first kappa shape index (κ1) is 23.7. The summed E-state index contributed by atoms with van der Waals surface area (Å²) >= 11 is 0. The van der Waals surface area contributed by atoms with E-state index in [9.17, 15) is 19.2 Å². The number of methoxy groups -OCH3 is 2. The molecule has 6 rings (SSSR count). The second-order valence-corrected chi connectivity index (χ2v) is 10.2. The van der Waals surface area contributed by atoms with E-state index in [0.717, 1.165) is 16.7 Å². The third-order valence-corrected chi connectivity index (χ3v) is 8.74. The smallest absolute Gasteiger partial charge is 0.329 e. The Bertz CT molecular complexity index is 1270. The van der Waals surface area contributed by atoms with Gasteiger partial charge >= 0.3 is 23.9 Å². The molecule has 1 aliphatic heterocycles. The van der Waals surface area contributed by atoms with Gasteiger partial charge in [0.2, 0.25) is 0 Å². The summed E-state index contributed by atoms with van der Waals surface area (Å²) in [6, 6.07) is 12.9. The van der Waals surface area contributed by atoms with E-state index in [1.807, 2.05) is 35.2 Å². The van der Waals surface area contributed by atoms with E-state index < -0.39 is 35.0 Å². The molecule has 192 valence electrons. The van der Waals surface area contributed by atoms with Gasteiger partial charge in [0.1, 0.15) is 11.5 Å². The van der Waals surface area contributed by atoms with Crippen LogP contribution < -0.4 is 9.47 Å². The highest BCUT2D eigenvalue weighted by atomic mass is 16.5. The molecule has 7 atom stereocenters. The van der Waals surface area contributed by atoms with Crippen molar-refractivity contribution in [3.05, 3.63) is 59.2 Å². The van der Waals surface area contributed by atoms with E-state index in [-0.39, 0.29) is 23.7 Å². The number of fused-ring (bicyclic) bond motifs is 11. The van der Waals surface area contributed by atoms with Crippen molar-refractivity contribution in [3.8, 4) is 11.5 Å². The largest absolute Gasteiger partial charge is 0.468 e. The quantitative estimate of drug-likeness (QED) is 0.253. The summed E-state index contributed by atoms with van der Waals surface area (Å²) in [5.74, 6) is -2.06. The number of hydrogen-bond donors (Lipinski definition) is 0. The fourth-order valence-electron chi connectivity index (χ4n) is 7.97. The van der Waals surface area contributed by atoms with Crippen molar-refractivity contribution < 1.29 is 38.1 Å². The summed E-state index contributed by atoms with van der Waals surface area (Å²) < 4.78 is 21.8. The van der Waals surface area contributed by atoms with Crippen LogP contribution in [0, 0.1) is 11.8 Å². The molecular formula is C28H27NO8. The minimum absolute atomic E-state index is 0.201. The summed E-state index contributed by atoms with van der Waals surface area (Å²) in [6.07, 6.45) is 0.633. The van der Waals surface area contributed by atoms with Gasteiger partial charge < -0.3 is 18.9 Å². The minimum atomic E-state index is -1.20. The van der Waals surface area contributed by atoms with Gasteiger partial charge in [-0.2, -0.15) is 0 Å². The van der Waals surface area contributed by atoms with Crippen LogP contribution in [-0.2, 0) is 35.2 Å². The number of likely N-dealkylation sites (tertiary alicyclic amines) is 1. The Hall–Kier alpha value is -3.72. The number of ether oxygens (including phenoxy) is 4. The van der Waals surface area contributed by atoms with Gasteiger partial charge in [0.25, 0.3) is 0 Å². The third-order valence-electron chi connectivity index (χ3n) is 8.74. The van der Waals surface area contributed by atoms with E-state index >= 15 is 0 Å². The summed E-state index contributed by atoms with van der Waals surface area (Å²) in [5.41, 5.74) is 0.0732. The van der Waals surface area contributed by atoms with Crippen LogP contribution in [0.1, 0.15) is 48.8 Å². The van der Waals surface area contributed by atoms with E-state index in [4.69, 9.17) is 18.9 Å². The van der Waals surface area contributed by atoms with Crippen LogP contribution in [0.3, 0.4) is 0 Å². The van der Waals surface area contributed by atoms with E-state index in [1.54, 1.807) is 12.1 Å². The Labute approximate surface area is 213 Å². The molecule has 2 saturated carbocycles. The summed E-state index contributed by atoms with van der Waals surface area (Å²) in [6.45, 7) is 3.01. The molecule has 4 aliphatic rings. The summed E-state index contributed by atoms with van der Waals surface area (Å²) in [5, 5.41) is 0. The maximum absolute atomic E-state index is 13.6. The Morgan fingerprint density at radius 1 is 0.784 bits per heavy atom. The molecule has 2 aromatic carbocycles. The predicted molar refractivity (Wildman–Crippen MR) is 128 cm³/mol. The van der Waals surface area contributed by atoms with Crippen LogP contribution >= 0.6 is 0 Å². The lowest BCUT2D eigenvalue weighted by Crippen LogP contribution is -2.64. The Balaban J connectivity index is 1.52. The van der Waals surface area contributed by atoms with Crippen LogP contribution in [0.2, 0.25) is 0 Å². The van der Waals surface area contributed by atoms with E-state index in [1.165, 1.54) is 28.1 Å². The van der Waals surface area contributed by atoms with Gasteiger partial charge in [-0.1, -0.05) is 30.3 Å². The van der Waals surface area contributed by atoms with Crippen molar-refractivity contribution >= 4 is 23.9 Å². The molecule has 1 saturated heterocycles. The topological polar surface area (TPSA) is 108 Å². The van der Waals surface area contributed by atoms with Crippen LogP contribution in [0.4, 0.5) is 0 Å². The van der Waals surface area contributed by atoms with Gasteiger partial charge in [-0.05, 0) is 36.0 Å². The highest BCUT2D eigenvalue weighted by Crippen LogP contribution is 2.86. The van der Waals surface area contributed by atoms with Gasteiger partial charge in [-0.15, -0.1) is 0 Å². The zero-order valence-corrected chi connectivity index (χ0v) is 21.0. The van der Waals surface area contributed by atoms with Crippen molar-refractivity contribution in [1.82, 2.24) is 4.90 Å². The second-order valence-electron chi connectivity index (χ2n) is 10.2. The van der Waals surface area contributed by atoms with Crippen molar-refractivity contribution in [3.63, 3.8) is 0 Å². The SMILES string of the molecule is COC(=O)[C@@]12[C@@H]3[C@@H]([C@@H]4C[C@H]3c3c(OC(C)=O)ccc(OC(C)=O)c34)[C@]1(C(=O)OC)N2Cc1ccccc1. The molecule has 1 unspecified atom stereocenters. The van der Waals surface area contributed by atoms with Crippen molar-refractivity contribution in [2.24, 2.45) is 11.8 Å². The Morgan fingerprint density at radius 2 is 1.24 bits per heavy atom. The maximum Gasteiger partial charge on any atom is 0.329 e. The molecule has 2 aromatic rings. The van der Waals surface area contributed by atoms with Crippen molar-refractivity contribution in [2.75, 3.05) is 14.2 Å². The first-order valence-electron chi connectivity index (χ1n) is 12.3. The van der Waals surface area contributed by atoms with Gasteiger partial charge in [-0.3, -0.25) is 14.5 Å². The molecule has 0 amide bonds. The van der Waals surface area contributed by atoms with Crippen molar-refractivity contribution in [2.45, 2.75) is 49.7 Å². The van der Waals surface area contributed by atoms with Gasteiger partial charge in [0.05, 0.1) is 14.2 Å². The standard InChI is InChI=1S/C28H27NO8/c1-14(30)36-19-10-11-20(37-15(2)31)22-18-12-17(21(19)22)23-24(18)28(26(33)35-4)27(23,25(32)34-3)29(28)13-16-8-6-5-7-9-16/h5-11,17-18,23-24H,12-13H2,1-4H3/t17-,18+,23-,24+,27-,28+,29?. The average molecular weight is 506 g/mol. The molecule has 0 spiro atoms. The zero-order chi connectivity index (χ0) is 26.3. The van der Waals surface area contributed by atoms with Gasteiger partial charge in [-0.25, -0.2) is 9.59 Å². The molecule has 37 heavy (non-hydrogen) atoms. The Morgan fingerprint density at radius 3 is 1.65 bits per heavy atom. The highest BCUT2D eigenvalue weighted by Gasteiger charge is 3.01. The van der Waals surface area contributed by atoms with Crippen LogP contribution in [0.15, 0.2) is 42.5 Å². The minimum Gasteiger partial charge on any atom is -0.468 e. The van der Waals surface area contributed by atoms with E-state index in [0.29, 0.717) is 24.5 Å². The van der Waals surface area contributed by atoms with Crippen molar-refractivity contribution in [1.29, 1.82) is 0 Å². The van der Waals surface area contributed by atoms with E-state index in [2.05, 4.69) is 0 Å². The molecule has 1 heterocycles. The first-order chi connectivity index (χ1) is 17.7. The molecule has 2 bridgehead atoms. The summed E-state index contributed by atoms with van der Waals surface area (Å²) in [7, 11) is 2.66. The predicted octanol–water partition coefficient (Wildman–Crippen LogP) is 2.71. The van der Waals surface area contributed by atoms with Gasteiger partial charge in [0, 0.05) is 43.4 Å². The lowest BCUT2D eigenvalue weighted by Gasteiger charge is -2.48. The van der Waals surface area contributed by atoms with Crippen LogP contribution in [-0.4, -0.2) is 54.1 Å². The molecular weight excluding hydrogens is 478 g/mol. The normalized spacial score (nSPS) is 33.2. The lowest BCUT2D eigenvalue weighted by molar-refractivity contribution is -0.162. The molecule has 3 fully saturated rings. The number of esters is 4. The number of rotatable bonds is 6. The molecule has 0 radical (unpaired) electrons. The number of nitrogens with zero attached hydrogens (tertiary/aromatic N) is 1. The molecule has 3 aliphatic carbocycles. The first-order valence-corrected chi connectivity index (χ1v) is 12.3. The fourth-order valence-corrected chi connectivity index (χ4v) is 7.97.